The number of benzene rings is 4. The summed E-state index contributed by atoms with van der Waals surface area (Å²) in [7, 11) is 0. The number of carbonyl (C=O) groups excluding carboxylic acids is 3. The predicted octanol–water partition coefficient (Wildman–Crippen LogP) is 7.19. The standard InChI is InChI=1S/C33H30ClN3O4S/c1-3-41-27-16-13-23(14-17-27)18-30(37-32(39)24-8-5-4-6-9-24)33(40)35-26-10-7-11-28(20-26)42-21-31(38)36-29-19-25(34)15-12-22(29)2/h4-20H,3,21H2,1-2H3,(H,35,40)(H,36,38)(H,37,39)/b30-18+. The molecule has 3 amide bonds. The van der Waals surface area contributed by atoms with Gasteiger partial charge in [0.05, 0.1) is 12.4 Å². The van der Waals surface area contributed by atoms with Gasteiger partial charge in [-0.1, -0.05) is 54.1 Å². The molecule has 4 aromatic carbocycles. The molecule has 4 aromatic rings. The first-order chi connectivity index (χ1) is 20.3. The highest BCUT2D eigenvalue weighted by Crippen LogP contribution is 2.24. The van der Waals surface area contributed by atoms with Gasteiger partial charge < -0.3 is 20.7 Å². The Kier molecular flexibility index (Phi) is 10.8. The van der Waals surface area contributed by atoms with Gasteiger partial charge in [0.25, 0.3) is 11.8 Å². The lowest BCUT2D eigenvalue weighted by molar-refractivity contribution is -0.114. The van der Waals surface area contributed by atoms with Crippen molar-refractivity contribution in [3.8, 4) is 5.75 Å². The van der Waals surface area contributed by atoms with Crippen molar-refractivity contribution in [2.75, 3.05) is 23.0 Å². The Morgan fingerprint density at radius 2 is 1.64 bits per heavy atom. The Balaban J connectivity index is 1.46. The van der Waals surface area contributed by atoms with Gasteiger partial charge in [0, 0.05) is 26.9 Å². The van der Waals surface area contributed by atoms with E-state index in [1.807, 2.05) is 32.0 Å². The molecule has 0 atom stereocenters. The maximum atomic E-state index is 13.4. The van der Waals surface area contributed by atoms with Crippen molar-refractivity contribution >= 4 is 58.5 Å². The van der Waals surface area contributed by atoms with Crippen LogP contribution in [-0.2, 0) is 9.59 Å². The van der Waals surface area contributed by atoms with E-state index in [9.17, 15) is 14.4 Å². The minimum Gasteiger partial charge on any atom is -0.494 e. The summed E-state index contributed by atoms with van der Waals surface area (Å²) in [4.78, 5) is 39.6. The zero-order valence-corrected chi connectivity index (χ0v) is 24.7. The number of hydrogen-bond donors (Lipinski definition) is 3. The molecule has 0 radical (unpaired) electrons. The number of amides is 3. The van der Waals surface area contributed by atoms with Gasteiger partial charge in [-0.2, -0.15) is 0 Å². The average Bonchev–Trinajstić information content (AvgIpc) is 2.99. The molecule has 0 fully saturated rings. The summed E-state index contributed by atoms with van der Waals surface area (Å²) in [5, 5.41) is 9.02. The van der Waals surface area contributed by atoms with Crippen LogP contribution in [0, 0.1) is 6.92 Å². The van der Waals surface area contributed by atoms with Crippen LogP contribution < -0.4 is 20.7 Å². The number of anilines is 2. The Bertz CT molecular complexity index is 1590. The second kappa shape index (κ2) is 14.9. The second-order valence-electron chi connectivity index (χ2n) is 9.16. The first-order valence-corrected chi connectivity index (χ1v) is 14.6. The summed E-state index contributed by atoms with van der Waals surface area (Å²) in [6, 6.07) is 28.4. The van der Waals surface area contributed by atoms with Gasteiger partial charge in [0.15, 0.2) is 0 Å². The molecule has 0 saturated carbocycles. The van der Waals surface area contributed by atoms with Crippen molar-refractivity contribution in [2.45, 2.75) is 18.7 Å². The topological polar surface area (TPSA) is 96.5 Å². The summed E-state index contributed by atoms with van der Waals surface area (Å²) < 4.78 is 5.50. The molecule has 3 N–H and O–H groups in total. The van der Waals surface area contributed by atoms with Gasteiger partial charge in [-0.3, -0.25) is 14.4 Å². The molecule has 0 spiro atoms. The fraction of sp³-hybridized carbons (Fsp3) is 0.121. The van der Waals surface area contributed by atoms with Crippen molar-refractivity contribution in [1.29, 1.82) is 0 Å². The van der Waals surface area contributed by atoms with Gasteiger partial charge >= 0.3 is 0 Å². The number of aryl methyl sites for hydroxylation is 1. The van der Waals surface area contributed by atoms with Crippen LogP contribution >= 0.6 is 23.4 Å². The SMILES string of the molecule is CCOc1ccc(/C=C(/NC(=O)c2ccccc2)C(=O)Nc2cccc(SCC(=O)Nc3cc(Cl)ccc3C)c2)cc1. The van der Waals surface area contributed by atoms with Crippen molar-refractivity contribution in [3.63, 3.8) is 0 Å². The lowest BCUT2D eigenvalue weighted by Gasteiger charge is -2.13. The number of nitrogens with one attached hydrogen (secondary N) is 3. The first-order valence-electron chi connectivity index (χ1n) is 13.2. The van der Waals surface area contributed by atoms with E-state index in [-0.39, 0.29) is 17.4 Å². The Labute approximate surface area is 254 Å². The third kappa shape index (κ3) is 8.99. The summed E-state index contributed by atoms with van der Waals surface area (Å²) in [5.74, 6) is -0.208. The van der Waals surface area contributed by atoms with Gasteiger partial charge in [-0.25, -0.2) is 0 Å². The monoisotopic (exact) mass is 599 g/mol. The molecule has 4 rings (SSSR count). The lowest BCUT2D eigenvalue weighted by Crippen LogP contribution is -2.30. The van der Waals surface area contributed by atoms with Crippen LogP contribution in [0.25, 0.3) is 6.08 Å². The number of rotatable bonds is 11. The molecule has 0 heterocycles. The molecular formula is C33H30ClN3O4S. The molecule has 9 heteroatoms. The van der Waals surface area contributed by atoms with E-state index < -0.39 is 11.8 Å². The highest BCUT2D eigenvalue weighted by atomic mass is 35.5. The molecule has 214 valence electrons. The van der Waals surface area contributed by atoms with E-state index in [1.54, 1.807) is 84.9 Å². The quantitative estimate of drug-likeness (QED) is 0.125. The maximum absolute atomic E-state index is 13.4. The van der Waals surface area contributed by atoms with Crippen LogP contribution in [-0.4, -0.2) is 30.1 Å². The molecule has 42 heavy (non-hydrogen) atoms. The first kappa shape index (κ1) is 30.4. The highest BCUT2D eigenvalue weighted by molar-refractivity contribution is 8.00. The largest absolute Gasteiger partial charge is 0.494 e. The van der Waals surface area contributed by atoms with Crippen molar-refractivity contribution in [1.82, 2.24) is 5.32 Å². The normalized spacial score (nSPS) is 11.0. The lowest BCUT2D eigenvalue weighted by atomic mass is 10.1. The molecule has 0 saturated heterocycles. The van der Waals surface area contributed by atoms with E-state index in [0.717, 1.165) is 10.5 Å². The summed E-state index contributed by atoms with van der Waals surface area (Å²) >= 11 is 7.38. The molecular weight excluding hydrogens is 570 g/mol. The van der Waals surface area contributed by atoms with E-state index in [0.29, 0.717) is 39.9 Å². The van der Waals surface area contributed by atoms with Gasteiger partial charge in [0.2, 0.25) is 5.91 Å². The van der Waals surface area contributed by atoms with Gasteiger partial charge in [-0.05, 0) is 85.6 Å². The van der Waals surface area contributed by atoms with Crippen LogP contribution in [0.3, 0.4) is 0 Å². The molecule has 7 nitrogen and oxygen atoms in total. The minimum absolute atomic E-state index is 0.0716. The third-order valence-corrected chi connectivity index (χ3v) is 7.20. The number of thioether (sulfide) groups is 1. The van der Waals surface area contributed by atoms with Crippen molar-refractivity contribution in [3.05, 3.63) is 124 Å². The maximum Gasteiger partial charge on any atom is 0.272 e. The van der Waals surface area contributed by atoms with Crippen molar-refractivity contribution in [2.24, 2.45) is 0 Å². The van der Waals surface area contributed by atoms with E-state index >= 15 is 0 Å². The third-order valence-electron chi connectivity index (χ3n) is 5.97. The average molecular weight is 600 g/mol. The van der Waals surface area contributed by atoms with E-state index in [2.05, 4.69) is 16.0 Å². The zero-order chi connectivity index (χ0) is 29.9. The summed E-state index contributed by atoms with van der Waals surface area (Å²) in [6.45, 7) is 4.34. The van der Waals surface area contributed by atoms with Crippen LogP contribution in [0.2, 0.25) is 5.02 Å². The zero-order valence-electron chi connectivity index (χ0n) is 23.1. The van der Waals surface area contributed by atoms with E-state index in [1.165, 1.54) is 11.8 Å². The highest BCUT2D eigenvalue weighted by Gasteiger charge is 2.16. The second-order valence-corrected chi connectivity index (χ2v) is 10.6. The number of hydrogen-bond acceptors (Lipinski definition) is 5. The predicted molar refractivity (Wildman–Crippen MR) is 170 cm³/mol. The van der Waals surface area contributed by atoms with Gasteiger partial charge in [0.1, 0.15) is 11.4 Å². The van der Waals surface area contributed by atoms with Crippen LogP contribution in [0.5, 0.6) is 5.75 Å². The van der Waals surface area contributed by atoms with E-state index in [4.69, 9.17) is 16.3 Å². The van der Waals surface area contributed by atoms with Gasteiger partial charge in [-0.15, -0.1) is 11.8 Å². The number of halogens is 1. The Morgan fingerprint density at radius 1 is 0.881 bits per heavy atom. The Hall–Kier alpha value is -4.53. The number of carbonyl (C=O) groups is 3. The van der Waals surface area contributed by atoms with Crippen LogP contribution in [0.15, 0.2) is 108 Å². The number of ether oxygens (including phenoxy) is 1. The smallest absolute Gasteiger partial charge is 0.272 e. The van der Waals surface area contributed by atoms with Crippen LogP contribution in [0.4, 0.5) is 11.4 Å². The van der Waals surface area contributed by atoms with Crippen LogP contribution in [0.1, 0.15) is 28.4 Å². The molecule has 0 aromatic heterocycles. The molecule has 0 aliphatic rings. The summed E-state index contributed by atoms with van der Waals surface area (Å²) in [6.07, 6.45) is 1.60. The molecule has 0 unspecified atom stereocenters. The van der Waals surface area contributed by atoms with Crippen molar-refractivity contribution < 1.29 is 19.1 Å². The summed E-state index contributed by atoms with van der Waals surface area (Å²) in [5.41, 5.74) is 3.30. The fourth-order valence-electron chi connectivity index (χ4n) is 3.86. The molecule has 0 aliphatic heterocycles. The fourth-order valence-corrected chi connectivity index (χ4v) is 4.79. The molecule has 0 aliphatic carbocycles. The molecule has 0 bridgehead atoms. The Morgan fingerprint density at radius 3 is 2.38 bits per heavy atom. The minimum atomic E-state index is -0.496.